The van der Waals surface area contributed by atoms with E-state index in [0.29, 0.717) is 18.4 Å². The Labute approximate surface area is 181 Å². The minimum Gasteiger partial charge on any atom is -0.357 e. The van der Waals surface area contributed by atoms with Crippen molar-refractivity contribution in [2.24, 2.45) is 10.9 Å². The first-order valence-corrected chi connectivity index (χ1v) is 9.58. The molecule has 1 unspecified atom stereocenters. The fourth-order valence-corrected chi connectivity index (χ4v) is 2.81. The molecule has 1 aromatic carbocycles. The predicted molar refractivity (Wildman–Crippen MR) is 125 cm³/mol. The molecular formula is C21H34IN5. The molecule has 0 aliphatic heterocycles. The van der Waals surface area contributed by atoms with E-state index in [9.17, 15) is 0 Å². The van der Waals surface area contributed by atoms with Crippen LogP contribution in [-0.4, -0.2) is 28.6 Å². The van der Waals surface area contributed by atoms with Crippen LogP contribution in [0.4, 0.5) is 0 Å². The van der Waals surface area contributed by atoms with E-state index < -0.39 is 0 Å². The standard InChI is InChI=1S/C21H33N5.HI/c1-6-22-21(24-13-18(5)19-9-7-17(4)8-10-19)25-14-20-23-11-12-26(20)15-16(2)3;/h7-12,16,18H,6,13-15H2,1-5H3,(H2,22,24,25);1H. The van der Waals surface area contributed by atoms with Gasteiger partial charge in [0.05, 0.1) is 0 Å². The lowest BCUT2D eigenvalue weighted by Crippen LogP contribution is -2.39. The maximum atomic E-state index is 4.71. The molecular weight excluding hydrogens is 449 g/mol. The second kappa shape index (κ2) is 12.0. The second-order valence-corrected chi connectivity index (χ2v) is 7.28. The van der Waals surface area contributed by atoms with Crippen LogP contribution in [0.1, 0.15) is 50.6 Å². The SMILES string of the molecule is CCNC(=NCc1nccn1CC(C)C)NCC(C)c1ccc(C)cc1.I. The highest BCUT2D eigenvalue weighted by molar-refractivity contribution is 14.0. The summed E-state index contributed by atoms with van der Waals surface area (Å²) in [4.78, 5) is 9.17. The number of benzene rings is 1. The van der Waals surface area contributed by atoms with Gasteiger partial charge >= 0.3 is 0 Å². The topological polar surface area (TPSA) is 54.2 Å². The van der Waals surface area contributed by atoms with E-state index in [-0.39, 0.29) is 24.0 Å². The Hall–Kier alpha value is -1.57. The molecule has 1 atom stereocenters. The average molecular weight is 483 g/mol. The Morgan fingerprint density at radius 1 is 1.15 bits per heavy atom. The highest BCUT2D eigenvalue weighted by atomic mass is 127. The van der Waals surface area contributed by atoms with E-state index in [1.807, 2.05) is 12.4 Å². The van der Waals surface area contributed by atoms with E-state index in [1.54, 1.807) is 0 Å². The van der Waals surface area contributed by atoms with Crippen LogP contribution < -0.4 is 10.6 Å². The molecule has 1 aromatic heterocycles. The van der Waals surface area contributed by atoms with Gasteiger partial charge in [-0.05, 0) is 31.2 Å². The first-order valence-electron chi connectivity index (χ1n) is 9.58. The number of aromatic nitrogens is 2. The number of hydrogen-bond acceptors (Lipinski definition) is 2. The van der Waals surface area contributed by atoms with Gasteiger partial charge in [-0.3, -0.25) is 0 Å². The van der Waals surface area contributed by atoms with Gasteiger partial charge in [-0.1, -0.05) is 50.6 Å². The number of hydrogen-bond donors (Lipinski definition) is 2. The fourth-order valence-electron chi connectivity index (χ4n) is 2.81. The number of aryl methyl sites for hydroxylation is 1. The van der Waals surface area contributed by atoms with E-state index >= 15 is 0 Å². The third-order valence-electron chi connectivity index (χ3n) is 4.31. The molecule has 0 saturated carbocycles. The highest BCUT2D eigenvalue weighted by Crippen LogP contribution is 2.14. The van der Waals surface area contributed by atoms with Gasteiger partial charge in [0.2, 0.25) is 0 Å². The molecule has 2 aromatic rings. The van der Waals surface area contributed by atoms with Crippen LogP contribution in [0.25, 0.3) is 0 Å². The second-order valence-electron chi connectivity index (χ2n) is 7.28. The molecule has 150 valence electrons. The van der Waals surface area contributed by atoms with Crippen LogP contribution in [-0.2, 0) is 13.1 Å². The van der Waals surface area contributed by atoms with Gasteiger partial charge in [0, 0.05) is 32.0 Å². The molecule has 0 aliphatic rings. The molecule has 0 aliphatic carbocycles. The number of aliphatic imine (C=N–C) groups is 1. The van der Waals surface area contributed by atoms with Crippen LogP contribution >= 0.6 is 24.0 Å². The van der Waals surface area contributed by atoms with Crippen molar-refractivity contribution < 1.29 is 0 Å². The summed E-state index contributed by atoms with van der Waals surface area (Å²) in [7, 11) is 0. The lowest BCUT2D eigenvalue weighted by Gasteiger charge is -2.16. The van der Waals surface area contributed by atoms with E-state index in [4.69, 9.17) is 4.99 Å². The number of imidazole rings is 1. The fraction of sp³-hybridized carbons (Fsp3) is 0.524. The smallest absolute Gasteiger partial charge is 0.191 e. The average Bonchev–Trinajstić information content (AvgIpc) is 3.04. The van der Waals surface area contributed by atoms with Gasteiger partial charge < -0.3 is 15.2 Å². The van der Waals surface area contributed by atoms with Gasteiger partial charge in [-0.15, -0.1) is 24.0 Å². The normalized spacial score (nSPS) is 12.6. The first-order chi connectivity index (χ1) is 12.5. The molecule has 0 fully saturated rings. The number of rotatable bonds is 8. The highest BCUT2D eigenvalue weighted by Gasteiger charge is 2.08. The van der Waals surface area contributed by atoms with Gasteiger partial charge in [0.25, 0.3) is 0 Å². The quantitative estimate of drug-likeness (QED) is 0.334. The van der Waals surface area contributed by atoms with Crippen molar-refractivity contribution in [3.05, 3.63) is 53.6 Å². The maximum absolute atomic E-state index is 4.71. The molecule has 2 rings (SSSR count). The van der Waals surface area contributed by atoms with Gasteiger partial charge in [-0.2, -0.15) is 0 Å². The van der Waals surface area contributed by atoms with Crippen molar-refractivity contribution in [1.29, 1.82) is 0 Å². The molecule has 1 heterocycles. The third kappa shape index (κ3) is 7.91. The molecule has 6 heteroatoms. The zero-order chi connectivity index (χ0) is 18.9. The van der Waals surface area contributed by atoms with Crippen LogP contribution in [0.3, 0.4) is 0 Å². The van der Waals surface area contributed by atoms with Crippen molar-refractivity contribution in [3.8, 4) is 0 Å². The zero-order valence-corrected chi connectivity index (χ0v) is 19.5. The monoisotopic (exact) mass is 483 g/mol. The summed E-state index contributed by atoms with van der Waals surface area (Å²) in [6.07, 6.45) is 3.89. The lowest BCUT2D eigenvalue weighted by molar-refractivity contribution is 0.507. The largest absolute Gasteiger partial charge is 0.357 e. The minimum atomic E-state index is 0. The van der Waals surface area contributed by atoms with Crippen molar-refractivity contribution >= 4 is 29.9 Å². The Morgan fingerprint density at radius 2 is 1.85 bits per heavy atom. The molecule has 0 saturated heterocycles. The van der Waals surface area contributed by atoms with Gasteiger partial charge in [0.15, 0.2) is 5.96 Å². The van der Waals surface area contributed by atoms with Crippen molar-refractivity contribution in [2.45, 2.75) is 53.6 Å². The summed E-state index contributed by atoms with van der Waals surface area (Å²) in [5, 5.41) is 6.78. The summed E-state index contributed by atoms with van der Waals surface area (Å²) >= 11 is 0. The maximum Gasteiger partial charge on any atom is 0.191 e. The van der Waals surface area contributed by atoms with Gasteiger partial charge in [0.1, 0.15) is 12.4 Å². The van der Waals surface area contributed by atoms with Crippen molar-refractivity contribution in [2.75, 3.05) is 13.1 Å². The number of nitrogens with zero attached hydrogens (tertiary/aromatic N) is 3. The number of halogens is 1. The number of nitrogens with one attached hydrogen (secondary N) is 2. The summed E-state index contributed by atoms with van der Waals surface area (Å²) in [5.41, 5.74) is 2.63. The first kappa shape index (κ1) is 23.5. The van der Waals surface area contributed by atoms with Crippen molar-refractivity contribution in [1.82, 2.24) is 20.2 Å². The van der Waals surface area contributed by atoms with Crippen LogP contribution in [0.2, 0.25) is 0 Å². The minimum absolute atomic E-state index is 0. The Kier molecular flexibility index (Phi) is 10.4. The molecule has 5 nitrogen and oxygen atoms in total. The summed E-state index contributed by atoms with van der Waals surface area (Å²) in [5.74, 6) is 2.85. The van der Waals surface area contributed by atoms with Crippen LogP contribution in [0, 0.1) is 12.8 Å². The number of guanidine groups is 1. The van der Waals surface area contributed by atoms with Crippen LogP contribution in [0.5, 0.6) is 0 Å². The zero-order valence-electron chi connectivity index (χ0n) is 17.2. The molecule has 0 bridgehead atoms. The third-order valence-corrected chi connectivity index (χ3v) is 4.31. The summed E-state index contributed by atoms with van der Waals surface area (Å²) < 4.78 is 2.19. The van der Waals surface area contributed by atoms with Crippen LogP contribution in [0.15, 0.2) is 41.7 Å². The van der Waals surface area contributed by atoms with Gasteiger partial charge in [-0.25, -0.2) is 9.98 Å². The lowest BCUT2D eigenvalue weighted by atomic mass is 10.0. The molecule has 0 radical (unpaired) electrons. The molecule has 0 amide bonds. The Morgan fingerprint density at radius 3 is 2.48 bits per heavy atom. The van der Waals surface area contributed by atoms with E-state index in [0.717, 1.165) is 31.4 Å². The Bertz CT molecular complexity index is 691. The van der Waals surface area contributed by atoms with Crippen molar-refractivity contribution in [3.63, 3.8) is 0 Å². The van der Waals surface area contributed by atoms with E-state index in [2.05, 4.69) is 79.1 Å². The van der Waals surface area contributed by atoms with E-state index in [1.165, 1.54) is 11.1 Å². The predicted octanol–water partition coefficient (Wildman–Crippen LogP) is 4.32. The Balaban J connectivity index is 0.00000364. The summed E-state index contributed by atoms with van der Waals surface area (Å²) in [6.45, 7) is 14.1. The summed E-state index contributed by atoms with van der Waals surface area (Å²) in [6, 6.07) is 8.74. The molecule has 0 spiro atoms. The molecule has 2 N–H and O–H groups in total. The molecule has 27 heavy (non-hydrogen) atoms.